The van der Waals surface area contributed by atoms with Crippen LogP contribution in [0.1, 0.15) is 55.5 Å². The van der Waals surface area contributed by atoms with Crippen LogP contribution in [-0.2, 0) is 26.1 Å². The summed E-state index contributed by atoms with van der Waals surface area (Å²) in [5.41, 5.74) is 4.73. The number of nitriles is 2. The fourth-order valence-electron chi connectivity index (χ4n) is 5.40. The van der Waals surface area contributed by atoms with Gasteiger partial charge >= 0.3 is 12.1 Å². The number of amides is 1. The lowest BCUT2D eigenvalue weighted by Crippen LogP contribution is -2.46. The molecular formula is C37H37N7O4. The molecule has 0 spiro atoms. The van der Waals surface area contributed by atoms with Crippen molar-refractivity contribution in [2.45, 2.75) is 58.1 Å². The van der Waals surface area contributed by atoms with E-state index in [2.05, 4.69) is 33.1 Å². The van der Waals surface area contributed by atoms with Crippen LogP contribution < -0.4 is 16.0 Å². The largest absolute Gasteiger partial charge is 0.463 e. The number of carbonyl (C=O) groups excluding carboxylic acids is 2. The van der Waals surface area contributed by atoms with Gasteiger partial charge in [-0.3, -0.25) is 0 Å². The van der Waals surface area contributed by atoms with Crippen molar-refractivity contribution in [2.24, 2.45) is 0 Å². The van der Waals surface area contributed by atoms with Gasteiger partial charge in [-0.1, -0.05) is 43.3 Å². The van der Waals surface area contributed by atoms with Gasteiger partial charge in [-0.2, -0.15) is 10.5 Å². The average molecular weight is 644 g/mol. The third-order valence-corrected chi connectivity index (χ3v) is 7.92. The van der Waals surface area contributed by atoms with E-state index in [9.17, 15) is 20.1 Å². The van der Waals surface area contributed by atoms with Crippen LogP contribution in [0.5, 0.6) is 0 Å². The molecule has 0 fully saturated rings. The molecule has 1 aliphatic rings. The maximum absolute atomic E-state index is 13.5. The molecule has 1 aliphatic heterocycles. The van der Waals surface area contributed by atoms with Gasteiger partial charge in [0.05, 0.1) is 28.6 Å². The van der Waals surface area contributed by atoms with Crippen LogP contribution in [0, 0.1) is 29.6 Å². The Hall–Kier alpha value is -5.94. The Balaban J connectivity index is 1.38. The number of ether oxygens (including phenoxy) is 2. The van der Waals surface area contributed by atoms with E-state index in [0.717, 1.165) is 16.7 Å². The van der Waals surface area contributed by atoms with Gasteiger partial charge in [0.15, 0.2) is 0 Å². The van der Waals surface area contributed by atoms with Crippen molar-refractivity contribution in [1.29, 1.82) is 10.5 Å². The minimum atomic E-state index is -0.981. The van der Waals surface area contributed by atoms with Crippen molar-refractivity contribution < 1.29 is 19.1 Å². The fraction of sp³-hybridized carbons (Fsp3) is 0.297. The van der Waals surface area contributed by atoms with Crippen LogP contribution in [0.25, 0.3) is 11.3 Å². The van der Waals surface area contributed by atoms with Crippen LogP contribution in [0.3, 0.4) is 0 Å². The van der Waals surface area contributed by atoms with Gasteiger partial charge in [0.25, 0.3) is 0 Å². The monoisotopic (exact) mass is 643 g/mol. The molecule has 0 radical (unpaired) electrons. The number of hydrogen-bond donors (Lipinski definition) is 3. The average Bonchev–Trinajstić information content (AvgIpc) is 3.40. The highest BCUT2D eigenvalue weighted by Crippen LogP contribution is 2.41. The summed E-state index contributed by atoms with van der Waals surface area (Å²) in [6, 6.07) is 23.6. The topological polar surface area (TPSA) is 162 Å². The number of fused-ring (bicyclic) bond motifs is 1. The number of carbonyl (C=O) groups is 2. The van der Waals surface area contributed by atoms with Gasteiger partial charge in [0.2, 0.25) is 5.95 Å². The zero-order valence-electron chi connectivity index (χ0n) is 27.5. The second-order valence-corrected chi connectivity index (χ2v) is 13.0. The van der Waals surface area contributed by atoms with Gasteiger partial charge in [-0.15, -0.1) is 0 Å². The molecule has 2 heterocycles. The smallest absolute Gasteiger partial charge is 0.408 e. The maximum Gasteiger partial charge on any atom is 0.408 e. The van der Waals surface area contributed by atoms with Crippen LogP contribution in [0.4, 0.5) is 22.1 Å². The van der Waals surface area contributed by atoms with E-state index in [-0.39, 0.29) is 13.0 Å². The number of alkyl carbamates (subject to hydrolysis) is 1. The number of benzene rings is 3. The number of nitrogens with zero attached hydrogens (tertiary/aromatic N) is 4. The predicted octanol–water partition coefficient (Wildman–Crippen LogP) is 6.30. The van der Waals surface area contributed by atoms with E-state index in [0.29, 0.717) is 46.3 Å². The molecule has 0 bridgehead atoms. The highest BCUT2D eigenvalue weighted by molar-refractivity contribution is 5.82. The lowest BCUT2D eigenvalue weighted by atomic mass is 9.83. The quantitative estimate of drug-likeness (QED) is 0.176. The first-order valence-electron chi connectivity index (χ1n) is 15.5. The summed E-state index contributed by atoms with van der Waals surface area (Å²) in [5, 5.41) is 28.6. The van der Waals surface area contributed by atoms with E-state index >= 15 is 0 Å². The Morgan fingerprint density at radius 1 is 1.06 bits per heavy atom. The molecule has 0 saturated heterocycles. The lowest BCUT2D eigenvalue weighted by Gasteiger charge is -2.27. The minimum Gasteiger partial charge on any atom is -0.463 e. The lowest BCUT2D eigenvalue weighted by molar-refractivity contribution is -0.147. The Labute approximate surface area is 279 Å². The summed E-state index contributed by atoms with van der Waals surface area (Å²) in [6.07, 6.45) is 1.13. The first-order valence-corrected chi connectivity index (χ1v) is 15.5. The van der Waals surface area contributed by atoms with Crippen LogP contribution in [0.2, 0.25) is 0 Å². The third kappa shape index (κ3) is 7.88. The number of rotatable bonds is 9. The number of aryl methyl sites for hydroxylation is 1. The molecule has 5 rings (SSSR count). The van der Waals surface area contributed by atoms with Crippen molar-refractivity contribution >= 4 is 29.4 Å². The standard InChI is InChI=1S/C37H37N7O4/c1-23-11-12-25(19-38)16-30(23)43-34-40-14-13-29(42-34)26-17-27(20-39)32-28(18-26)37(5,21-41-32)22-47-33(45)31(15-24-9-7-6-8-10-24)44-35(46)48-36(2,3)4/h6-14,16-18,31,41H,15,21-22H2,1-5H3,(H,44,46)(H,40,42,43)/t31-,37-/m1/s1. The van der Waals surface area contributed by atoms with Crippen LogP contribution in [-0.4, -0.2) is 46.8 Å². The van der Waals surface area contributed by atoms with Gasteiger partial charge in [0.1, 0.15) is 24.3 Å². The van der Waals surface area contributed by atoms with Crippen LogP contribution >= 0.6 is 0 Å². The molecule has 2 atom stereocenters. The molecule has 4 aromatic rings. The Bertz CT molecular complexity index is 1930. The number of anilines is 3. The van der Waals surface area contributed by atoms with Crippen molar-refractivity contribution in [3.63, 3.8) is 0 Å². The van der Waals surface area contributed by atoms with E-state index in [4.69, 9.17) is 14.5 Å². The molecule has 1 aromatic heterocycles. The van der Waals surface area contributed by atoms with E-state index in [1.165, 1.54) is 0 Å². The summed E-state index contributed by atoms with van der Waals surface area (Å²) < 4.78 is 11.3. The highest BCUT2D eigenvalue weighted by atomic mass is 16.6. The van der Waals surface area contributed by atoms with Gasteiger partial charge in [-0.05, 0) is 74.7 Å². The highest BCUT2D eigenvalue weighted by Gasteiger charge is 2.39. The Morgan fingerprint density at radius 3 is 2.54 bits per heavy atom. The Kier molecular flexibility index (Phi) is 9.62. The summed E-state index contributed by atoms with van der Waals surface area (Å²) in [5.74, 6) is -0.264. The van der Waals surface area contributed by atoms with Crippen molar-refractivity contribution in [2.75, 3.05) is 23.8 Å². The molecule has 0 saturated carbocycles. The molecule has 3 aromatic carbocycles. The molecule has 11 nitrogen and oxygen atoms in total. The normalized spacial score (nSPS) is 15.6. The van der Waals surface area contributed by atoms with E-state index in [1.54, 1.807) is 51.2 Å². The fourth-order valence-corrected chi connectivity index (χ4v) is 5.40. The zero-order valence-corrected chi connectivity index (χ0v) is 27.5. The molecule has 0 unspecified atom stereocenters. The first-order chi connectivity index (χ1) is 22.9. The van der Waals surface area contributed by atoms with Crippen molar-refractivity contribution in [1.82, 2.24) is 15.3 Å². The molecule has 48 heavy (non-hydrogen) atoms. The number of aromatic nitrogens is 2. The molecule has 1 amide bonds. The van der Waals surface area contributed by atoms with Crippen LogP contribution in [0.15, 0.2) is 72.9 Å². The first kappa shape index (κ1) is 33.4. The number of hydrogen-bond acceptors (Lipinski definition) is 10. The number of esters is 1. The second-order valence-electron chi connectivity index (χ2n) is 13.0. The maximum atomic E-state index is 13.5. The van der Waals surface area contributed by atoms with Crippen molar-refractivity contribution in [3.8, 4) is 23.4 Å². The molecule has 11 heteroatoms. The van der Waals surface area contributed by atoms with Gasteiger partial charge < -0.3 is 25.4 Å². The second kappa shape index (κ2) is 13.8. The molecular weight excluding hydrogens is 606 g/mol. The molecule has 0 aliphatic carbocycles. The summed E-state index contributed by atoms with van der Waals surface area (Å²) >= 11 is 0. The third-order valence-electron chi connectivity index (χ3n) is 7.92. The summed E-state index contributed by atoms with van der Waals surface area (Å²) in [7, 11) is 0. The summed E-state index contributed by atoms with van der Waals surface area (Å²) in [4.78, 5) is 35.2. The van der Waals surface area contributed by atoms with Gasteiger partial charge in [0, 0.05) is 35.8 Å². The van der Waals surface area contributed by atoms with Crippen molar-refractivity contribution in [3.05, 3.63) is 101 Å². The molecule has 3 N–H and O–H groups in total. The Morgan fingerprint density at radius 2 is 1.83 bits per heavy atom. The molecule has 244 valence electrons. The zero-order chi connectivity index (χ0) is 34.5. The summed E-state index contributed by atoms with van der Waals surface area (Å²) in [6.45, 7) is 9.54. The van der Waals surface area contributed by atoms with Gasteiger partial charge in [-0.25, -0.2) is 19.6 Å². The predicted molar refractivity (Wildman–Crippen MR) is 181 cm³/mol. The SMILES string of the molecule is Cc1ccc(C#N)cc1Nc1nccc(-c2cc(C#N)c3c(c2)[C@@](C)(COC(=O)[C@@H](Cc2ccccc2)NC(=O)OC(C)(C)C)CN3)n1. The van der Waals surface area contributed by atoms with E-state index < -0.39 is 29.1 Å². The minimum absolute atomic E-state index is 0.00741. The van der Waals surface area contributed by atoms with E-state index in [1.807, 2.05) is 56.3 Å². The number of nitrogens with one attached hydrogen (secondary N) is 3.